The third-order valence-corrected chi connectivity index (χ3v) is 5.18. The highest BCUT2D eigenvalue weighted by molar-refractivity contribution is 6.36. The number of carbonyl (C=O) groups excluding carboxylic acids is 3. The molecule has 0 aromatic heterocycles. The molecule has 0 aliphatic rings. The fourth-order valence-electron chi connectivity index (χ4n) is 2.62. The molecule has 2 amide bonds. The largest absolute Gasteiger partial charge is 1.00 e. The first-order chi connectivity index (χ1) is 13.6. The molecule has 1 atom stereocenters. The molecule has 0 heterocycles. The number of amides is 2. The van der Waals surface area contributed by atoms with Crippen LogP contribution >= 0.6 is 23.2 Å². The molecule has 162 valence electrons. The van der Waals surface area contributed by atoms with Crippen molar-refractivity contribution in [1.29, 1.82) is 0 Å². The van der Waals surface area contributed by atoms with E-state index in [0.717, 1.165) is 0 Å². The summed E-state index contributed by atoms with van der Waals surface area (Å²) in [6, 6.07) is 10.9. The lowest BCUT2D eigenvalue weighted by atomic mass is 10.0. The van der Waals surface area contributed by atoms with Gasteiger partial charge in [0.25, 0.3) is 5.91 Å². The van der Waals surface area contributed by atoms with Crippen LogP contribution in [0.4, 0.5) is 5.69 Å². The summed E-state index contributed by atoms with van der Waals surface area (Å²) in [7, 11) is 1.53. The van der Waals surface area contributed by atoms with E-state index in [4.69, 9.17) is 23.2 Å². The molecule has 30 heavy (non-hydrogen) atoms. The van der Waals surface area contributed by atoms with Crippen molar-refractivity contribution in [3.8, 4) is 0 Å². The SMILES string of the molecule is CC(C)C([NH3+])C(=O)NCC(=O)N(C)c1ccc(Cl)cc1C(=O)c1ccccc1Cl.[Cl-]. The molecule has 0 aliphatic heterocycles. The van der Waals surface area contributed by atoms with Crippen LogP contribution in [0.15, 0.2) is 42.5 Å². The van der Waals surface area contributed by atoms with Gasteiger partial charge in [0, 0.05) is 29.1 Å². The molecular formula is C21H24Cl3N3O3. The molecule has 0 radical (unpaired) electrons. The third kappa shape index (κ3) is 6.19. The summed E-state index contributed by atoms with van der Waals surface area (Å²) in [4.78, 5) is 39.0. The number of nitrogens with zero attached hydrogens (tertiary/aromatic N) is 1. The van der Waals surface area contributed by atoms with Crippen LogP contribution in [0.25, 0.3) is 0 Å². The molecule has 1 unspecified atom stereocenters. The van der Waals surface area contributed by atoms with Gasteiger partial charge in [-0.3, -0.25) is 14.4 Å². The second kappa shape index (κ2) is 11.3. The van der Waals surface area contributed by atoms with Crippen molar-refractivity contribution >= 4 is 46.5 Å². The molecule has 2 aromatic carbocycles. The van der Waals surface area contributed by atoms with Gasteiger partial charge >= 0.3 is 0 Å². The molecule has 0 fully saturated rings. The number of halogens is 3. The van der Waals surface area contributed by atoms with Gasteiger partial charge in [-0.15, -0.1) is 0 Å². The Labute approximate surface area is 192 Å². The van der Waals surface area contributed by atoms with Crippen LogP contribution in [0.3, 0.4) is 0 Å². The van der Waals surface area contributed by atoms with Gasteiger partial charge in [-0.1, -0.05) is 49.2 Å². The van der Waals surface area contributed by atoms with E-state index in [-0.39, 0.29) is 48.0 Å². The van der Waals surface area contributed by atoms with E-state index in [1.807, 2.05) is 13.8 Å². The van der Waals surface area contributed by atoms with Crippen LogP contribution in [-0.2, 0) is 9.59 Å². The number of hydrogen-bond acceptors (Lipinski definition) is 3. The average molecular weight is 473 g/mol. The molecule has 0 saturated carbocycles. The number of nitrogens with one attached hydrogen (secondary N) is 1. The van der Waals surface area contributed by atoms with Gasteiger partial charge in [-0.05, 0) is 30.3 Å². The lowest BCUT2D eigenvalue weighted by Gasteiger charge is -2.21. The number of benzene rings is 2. The van der Waals surface area contributed by atoms with E-state index >= 15 is 0 Å². The van der Waals surface area contributed by atoms with Crippen molar-refractivity contribution < 1.29 is 32.5 Å². The van der Waals surface area contributed by atoms with Gasteiger partial charge in [0.2, 0.25) is 5.91 Å². The average Bonchev–Trinajstić information content (AvgIpc) is 2.70. The molecular weight excluding hydrogens is 449 g/mol. The normalized spacial score (nSPS) is 11.4. The van der Waals surface area contributed by atoms with Crippen molar-refractivity contribution in [2.75, 3.05) is 18.5 Å². The molecule has 9 heteroatoms. The second-order valence-corrected chi connectivity index (χ2v) is 7.84. The Kier molecular flexibility index (Phi) is 9.78. The standard InChI is InChI=1S/C21H23Cl2N3O3.ClH/c1-12(2)19(24)21(29)25-11-18(27)26(3)17-9-8-13(22)10-15(17)20(28)14-6-4-5-7-16(14)23;/h4-10,12,19H,11,24H2,1-3H3,(H,25,29);1H. The Morgan fingerprint density at radius 1 is 1.07 bits per heavy atom. The third-order valence-electron chi connectivity index (χ3n) is 4.61. The molecule has 0 spiro atoms. The predicted molar refractivity (Wildman–Crippen MR) is 114 cm³/mol. The maximum atomic E-state index is 13.0. The van der Waals surface area contributed by atoms with Gasteiger partial charge in [-0.2, -0.15) is 0 Å². The van der Waals surface area contributed by atoms with Crippen LogP contribution in [0.2, 0.25) is 10.0 Å². The van der Waals surface area contributed by atoms with Crippen LogP contribution < -0.4 is 28.4 Å². The van der Waals surface area contributed by atoms with Gasteiger partial charge in [0.15, 0.2) is 11.8 Å². The summed E-state index contributed by atoms with van der Waals surface area (Å²) < 4.78 is 0. The summed E-state index contributed by atoms with van der Waals surface area (Å²) in [5.74, 6) is -0.983. The van der Waals surface area contributed by atoms with E-state index < -0.39 is 6.04 Å². The number of quaternary nitrogens is 1. The molecule has 2 aromatic rings. The van der Waals surface area contributed by atoms with Crippen LogP contribution in [0.1, 0.15) is 29.8 Å². The van der Waals surface area contributed by atoms with Gasteiger partial charge in [0.1, 0.15) is 0 Å². The summed E-state index contributed by atoms with van der Waals surface area (Å²) in [6.45, 7) is 3.55. The van der Waals surface area contributed by atoms with Gasteiger partial charge < -0.3 is 28.4 Å². The minimum absolute atomic E-state index is 0. The molecule has 0 aliphatic carbocycles. The molecule has 2 rings (SSSR count). The Bertz CT molecular complexity index is 935. The van der Waals surface area contributed by atoms with Crippen molar-refractivity contribution in [2.45, 2.75) is 19.9 Å². The molecule has 0 saturated heterocycles. The highest BCUT2D eigenvalue weighted by atomic mass is 35.5. The van der Waals surface area contributed by atoms with Gasteiger partial charge in [-0.25, -0.2) is 0 Å². The van der Waals surface area contributed by atoms with E-state index in [0.29, 0.717) is 21.3 Å². The Morgan fingerprint density at radius 3 is 2.30 bits per heavy atom. The number of carbonyl (C=O) groups is 3. The number of ketones is 1. The van der Waals surface area contributed by atoms with E-state index in [1.54, 1.807) is 36.4 Å². The van der Waals surface area contributed by atoms with Gasteiger partial charge in [0.05, 0.1) is 17.3 Å². The zero-order valence-electron chi connectivity index (χ0n) is 16.9. The zero-order chi connectivity index (χ0) is 21.7. The number of anilines is 1. The summed E-state index contributed by atoms with van der Waals surface area (Å²) >= 11 is 12.2. The van der Waals surface area contributed by atoms with Crippen LogP contribution in [0, 0.1) is 5.92 Å². The van der Waals surface area contributed by atoms with E-state index in [9.17, 15) is 14.4 Å². The first-order valence-electron chi connectivity index (χ1n) is 9.09. The number of rotatable bonds is 7. The highest BCUT2D eigenvalue weighted by Crippen LogP contribution is 2.28. The Balaban J connectivity index is 0.00000450. The van der Waals surface area contributed by atoms with Crippen LogP contribution in [0.5, 0.6) is 0 Å². The van der Waals surface area contributed by atoms with E-state index in [2.05, 4.69) is 11.1 Å². The lowest BCUT2D eigenvalue weighted by Crippen LogP contribution is -3.00. The quantitative estimate of drug-likeness (QED) is 0.536. The zero-order valence-corrected chi connectivity index (χ0v) is 19.2. The summed E-state index contributed by atoms with van der Waals surface area (Å²) in [6.07, 6.45) is 0. The fourth-order valence-corrected chi connectivity index (χ4v) is 3.02. The first-order valence-corrected chi connectivity index (χ1v) is 9.85. The lowest BCUT2D eigenvalue weighted by molar-refractivity contribution is -0.414. The molecule has 4 N–H and O–H groups in total. The minimum Gasteiger partial charge on any atom is -1.00 e. The molecule has 0 bridgehead atoms. The second-order valence-electron chi connectivity index (χ2n) is 6.99. The minimum atomic E-state index is -0.457. The van der Waals surface area contributed by atoms with Crippen LogP contribution in [-0.4, -0.2) is 37.2 Å². The monoisotopic (exact) mass is 471 g/mol. The van der Waals surface area contributed by atoms with Crippen molar-refractivity contribution in [1.82, 2.24) is 5.32 Å². The summed E-state index contributed by atoms with van der Waals surface area (Å²) in [5.41, 5.74) is 4.72. The van der Waals surface area contributed by atoms with Crippen molar-refractivity contribution in [2.24, 2.45) is 5.92 Å². The molecule has 6 nitrogen and oxygen atoms in total. The smallest absolute Gasteiger partial charge is 0.278 e. The number of hydrogen-bond donors (Lipinski definition) is 2. The van der Waals surface area contributed by atoms with Crippen molar-refractivity contribution in [3.63, 3.8) is 0 Å². The topological polar surface area (TPSA) is 94.1 Å². The Morgan fingerprint density at radius 2 is 1.70 bits per heavy atom. The van der Waals surface area contributed by atoms with E-state index in [1.165, 1.54) is 18.0 Å². The summed E-state index contributed by atoms with van der Waals surface area (Å²) in [5, 5.41) is 3.25. The maximum absolute atomic E-state index is 13.0. The van der Waals surface area contributed by atoms with Crippen molar-refractivity contribution in [3.05, 3.63) is 63.6 Å². The fraction of sp³-hybridized carbons (Fsp3) is 0.286. The highest BCUT2D eigenvalue weighted by Gasteiger charge is 2.24. The Hall–Kier alpha value is -2.12. The maximum Gasteiger partial charge on any atom is 0.278 e. The number of likely N-dealkylation sites (N-methyl/N-ethyl adjacent to an activating group) is 1. The predicted octanol–water partition coefficient (Wildman–Crippen LogP) is -0.426. The first kappa shape index (κ1) is 25.9.